The van der Waals surface area contributed by atoms with Crippen molar-refractivity contribution in [3.63, 3.8) is 0 Å². The van der Waals surface area contributed by atoms with Crippen molar-refractivity contribution in [3.05, 3.63) is 65.1 Å². The average Bonchev–Trinajstić information content (AvgIpc) is 2.68. The van der Waals surface area contributed by atoms with Crippen LogP contribution in [0.2, 0.25) is 0 Å². The molecule has 2 aromatic heterocycles. The van der Waals surface area contributed by atoms with Gasteiger partial charge in [0.15, 0.2) is 0 Å². The highest BCUT2D eigenvalue weighted by molar-refractivity contribution is 8.00. The van der Waals surface area contributed by atoms with Crippen LogP contribution >= 0.6 is 0 Å². The second-order valence-corrected chi connectivity index (χ2v) is 8.90. The monoisotopic (exact) mass is 405 g/mol. The first-order valence-electron chi connectivity index (χ1n) is 9.07. The van der Waals surface area contributed by atoms with Crippen molar-refractivity contribution in [1.29, 1.82) is 0 Å². The molecule has 1 unspecified atom stereocenters. The lowest BCUT2D eigenvalue weighted by Crippen LogP contribution is -2.11. The van der Waals surface area contributed by atoms with Crippen molar-refractivity contribution in [1.82, 2.24) is 15.0 Å². The maximum Gasteiger partial charge on any atom is 0.220 e. The molecule has 0 fully saturated rings. The van der Waals surface area contributed by atoms with Gasteiger partial charge in [-0.05, 0) is 25.3 Å². The van der Waals surface area contributed by atoms with E-state index in [0.717, 1.165) is 22.5 Å². The van der Waals surface area contributed by atoms with Gasteiger partial charge >= 0.3 is 0 Å². The minimum Gasteiger partial charge on any atom is -0.368 e. The van der Waals surface area contributed by atoms with E-state index in [2.05, 4.69) is 37.4 Å². The first-order valence-corrected chi connectivity index (χ1v) is 11.2. The lowest BCUT2D eigenvalue weighted by molar-refractivity contribution is 0.688. The van der Waals surface area contributed by atoms with E-state index in [1.54, 1.807) is 6.20 Å². The van der Waals surface area contributed by atoms with E-state index in [9.17, 15) is 4.21 Å². The third-order valence-electron chi connectivity index (χ3n) is 4.13. The fourth-order valence-corrected chi connectivity index (χ4v) is 3.46. The third-order valence-corrected chi connectivity index (χ3v) is 4.78. The summed E-state index contributed by atoms with van der Waals surface area (Å²) in [6, 6.07) is 11.6. The van der Waals surface area contributed by atoms with E-state index in [4.69, 9.17) is 5.73 Å². The number of nitrogens with two attached hydrogens (primary N) is 1. The summed E-state index contributed by atoms with van der Waals surface area (Å²) < 4.78 is 14.9. The summed E-state index contributed by atoms with van der Waals surface area (Å²) in [6.45, 7) is 3.84. The molecule has 0 amide bonds. The molecule has 3 rings (SSSR count). The molecule has 3 aromatic rings. The largest absolute Gasteiger partial charge is 0.368 e. The standard InChI is InChI=1S/C22H23N5OS/c1-5-19-18(21(26-22(23)25-19)17-9-7-6-8-10-17)12-11-16-13-20(15(2)24-14-16)27-29(3,4)28/h6-10,13-14H,3,5H2,1-2,4H3,(H,27,28)(H2,23,25,26). The molecule has 0 aliphatic carbocycles. The predicted octanol–water partition coefficient (Wildman–Crippen LogP) is 3.06. The molecule has 0 aliphatic rings. The van der Waals surface area contributed by atoms with E-state index in [-0.39, 0.29) is 5.95 Å². The van der Waals surface area contributed by atoms with Gasteiger partial charge in [0.2, 0.25) is 5.95 Å². The number of pyridine rings is 1. The van der Waals surface area contributed by atoms with Gasteiger partial charge in [-0.25, -0.2) is 14.2 Å². The minimum atomic E-state index is -2.41. The van der Waals surface area contributed by atoms with Crippen molar-refractivity contribution in [2.24, 2.45) is 0 Å². The molecule has 0 saturated carbocycles. The van der Waals surface area contributed by atoms with E-state index < -0.39 is 9.71 Å². The van der Waals surface area contributed by atoms with Crippen molar-refractivity contribution >= 4 is 27.2 Å². The number of rotatable bonds is 4. The molecule has 0 bridgehead atoms. The maximum atomic E-state index is 12.0. The Hall–Kier alpha value is -3.37. The van der Waals surface area contributed by atoms with Crippen LogP contribution in [0.4, 0.5) is 11.6 Å². The quantitative estimate of drug-likeness (QED) is 0.514. The summed E-state index contributed by atoms with van der Waals surface area (Å²) in [5, 5.41) is 0. The van der Waals surface area contributed by atoms with Crippen LogP contribution in [-0.2, 0) is 16.1 Å². The zero-order valence-corrected chi connectivity index (χ0v) is 17.5. The number of nitrogen functional groups attached to an aromatic ring is 1. The molecule has 0 radical (unpaired) electrons. The van der Waals surface area contributed by atoms with Gasteiger partial charge in [-0.15, -0.1) is 0 Å². The molecule has 1 atom stereocenters. The topological polar surface area (TPSA) is 93.8 Å². The van der Waals surface area contributed by atoms with Crippen LogP contribution in [-0.4, -0.2) is 31.3 Å². The number of nitrogens with one attached hydrogen (secondary N) is 1. The van der Waals surface area contributed by atoms with Gasteiger partial charge in [0.05, 0.1) is 28.3 Å². The average molecular weight is 406 g/mol. The van der Waals surface area contributed by atoms with Gasteiger partial charge in [-0.2, -0.15) is 0 Å². The Labute approximate surface area is 171 Å². The third kappa shape index (κ3) is 5.12. The van der Waals surface area contributed by atoms with Crippen molar-refractivity contribution in [3.8, 4) is 23.1 Å². The summed E-state index contributed by atoms with van der Waals surface area (Å²) in [6.07, 6.45) is 3.89. The highest BCUT2D eigenvalue weighted by Gasteiger charge is 2.12. The Balaban J connectivity index is 2.11. The van der Waals surface area contributed by atoms with Crippen LogP contribution in [0, 0.1) is 18.8 Å². The van der Waals surface area contributed by atoms with Gasteiger partial charge in [-0.1, -0.05) is 49.1 Å². The second kappa shape index (κ2) is 8.33. The summed E-state index contributed by atoms with van der Waals surface area (Å²) in [5.41, 5.74) is 11.1. The molecule has 148 valence electrons. The number of hydrogen-bond donors (Lipinski definition) is 2. The minimum absolute atomic E-state index is 0.225. The molecule has 29 heavy (non-hydrogen) atoms. The number of anilines is 2. The smallest absolute Gasteiger partial charge is 0.220 e. The number of hydrogen-bond acceptors (Lipinski definition) is 5. The Morgan fingerprint density at radius 3 is 2.59 bits per heavy atom. The maximum absolute atomic E-state index is 12.0. The molecule has 0 saturated heterocycles. The summed E-state index contributed by atoms with van der Waals surface area (Å²) in [4.78, 5) is 13.1. The van der Waals surface area contributed by atoms with Crippen LogP contribution in [0.15, 0.2) is 42.6 Å². The van der Waals surface area contributed by atoms with Crippen molar-refractivity contribution in [2.75, 3.05) is 16.7 Å². The summed E-state index contributed by atoms with van der Waals surface area (Å²) in [7, 11) is -2.41. The molecule has 6 nitrogen and oxygen atoms in total. The van der Waals surface area contributed by atoms with Crippen LogP contribution in [0.5, 0.6) is 0 Å². The van der Waals surface area contributed by atoms with Gasteiger partial charge in [-0.3, -0.25) is 4.98 Å². The van der Waals surface area contributed by atoms with E-state index in [1.165, 1.54) is 6.26 Å². The molecule has 0 spiro atoms. The molecule has 7 heteroatoms. The zero-order valence-electron chi connectivity index (χ0n) is 16.7. The summed E-state index contributed by atoms with van der Waals surface area (Å²) >= 11 is 0. The normalized spacial score (nSPS) is 12.5. The SMILES string of the molecule is C=S(C)(=O)Nc1cc(C#Cc2c(CC)nc(N)nc2-c2ccccc2)cnc1C. The fourth-order valence-electron chi connectivity index (χ4n) is 2.79. The van der Waals surface area contributed by atoms with Gasteiger partial charge < -0.3 is 10.5 Å². The molecule has 2 heterocycles. The Bertz CT molecular complexity index is 1210. The number of aromatic nitrogens is 3. The highest BCUT2D eigenvalue weighted by Crippen LogP contribution is 2.24. The van der Waals surface area contributed by atoms with Gasteiger partial charge in [0.1, 0.15) is 0 Å². The lowest BCUT2D eigenvalue weighted by Gasteiger charge is -2.10. The van der Waals surface area contributed by atoms with Crippen LogP contribution in [0.25, 0.3) is 11.3 Å². The highest BCUT2D eigenvalue weighted by atomic mass is 32.2. The number of aryl methyl sites for hydroxylation is 2. The summed E-state index contributed by atoms with van der Waals surface area (Å²) in [5.74, 6) is 10.2. The Morgan fingerprint density at radius 2 is 1.93 bits per heavy atom. The molecule has 1 aromatic carbocycles. The van der Waals surface area contributed by atoms with Gasteiger partial charge in [0, 0.05) is 33.3 Å². The first-order chi connectivity index (χ1) is 13.8. The fraction of sp³-hybridized carbons (Fsp3) is 0.182. The van der Waals surface area contributed by atoms with Crippen molar-refractivity contribution < 1.29 is 4.21 Å². The van der Waals surface area contributed by atoms with Crippen LogP contribution in [0.1, 0.15) is 29.4 Å². The zero-order chi connectivity index (χ0) is 21.0. The Kier molecular flexibility index (Phi) is 5.85. The number of nitrogens with zero attached hydrogens (tertiary/aromatic N) is 3. The molecular weight excluding hydrogens is 382 g/mol. The molecule has 0 aliphatic heterocycles. The van der Waals surface area contributed by atoms with Crippen LogP contribution < -0.4 is 10.5 Å². The molecular formula is C22H23N5OS. The predicted molar refractivity (Wildman–Crippen MR) is 121 cm³/mol. The first kappa shape index (κ1) is 20.4. The van der Waals surface area contributed by atoms with Crippen molar-refractivity contribution in [2.45, 2.75) is 20.3 Å². The van der Waals surface area contributed by atoms with E-state index in [1.807, 2.05) is 50.2 Å². The van der Waals surface area contributed by atoms with E-state index in [0.29, 0.717) is 23.4 Å². The molecule has 3 N–H and O–H groups in total. The Morgan fingerprint density at radius 1 is 1.21 bits per heavy atom. The lowest BCUT2D eigenvalue weighted by atomic mass is 10.0. The second-order valence-electron chi connectivity index (χ2n) is 6.69. The van der Waals surface area contributed by atoms with E-state index >= 15 is 0 Å². The van der Waals surface area contributed by atoms with Crippen LogP contribution in [0.3, 0.4) is 0 Å². The number of benzene rings is 1. The van der Waals surface area contributed by atoms with Gasteiger partial charge in [0.25, 0.3) is 0 Å².